The zero-order valence-electron chi connectivity index (χ0n) is 13.1. The zero-order chi connectivity index (χ0) is 17.1. The SMILES string of the molecule is O=C(NCCc1cn2c(n1)CCCC2)c1ccc(O)c([N+](=O)[O-])c1. The number of hydrogen-bond acceptors (Lipinski definition) is 5. The molecule has 0 saturated carbocycles. The van der Waals surface area contributed by atoms with Crippen LogP contribution in [0.4, 0.5) is 5.69 Å². The van der Waals surface area contributed by atoms with Crippen LogP contribution >= 0.6 is 0 Å². The van der Waals surface area contributed by atoms with Crippen molar-refractivity contribution < 1.29 is 14.8 Å². The number of benzene rings is 1. The lowest BCUT2D eigenvalue weighted by Gasteiger charge is -2.11. The van der Waals surface area contributed by atoms with Crippen molar-refractivity contribution in [3.63, 3.8) is 0 Å². The van der Waals surface area contributed by atoms with Crippen molar-refractivity contribution in [1.29, 1.82) is 0 Å². The maximum Gasteiger partial charge on any atom is 0.311 e. The molecule has 0 spiro atoms. The van der Waals surface area contributed by atoms with Gasteiger partial charge in [-0.2, -0.15) is 0 Å². The minimum Gasteiger partial charge on any atom is -0.502 e. The number of hydrogen-bond donors (Lipinski definition) is 2. The number of phenols is 1. The van der Waals surface area contributed by atoms with E-state index in [1.54, 1.807) is 0 Å². The van der Waals surface area contributed by atoms with Gasteiger partial charge in [-0.15, -0.1) is 0 Å². The van der Waals surface area contributed by atoms with Gasteiger partial charge in [-0.25, -0.2) is 4.98 Å². The van der Waals surface area contributed by atoms with E-state index in [1.807, 2.05) is 6.20 Å². The Morgan fingerprint density at radius 2 is 2.25 bits per heavy atom. The number of nitro benzene ring substituents is 1. The number of aryl methyl sites for hydroxylation is 2. The summed E-state index contributed by atoms with van der Waals surface area (Å²) in [4.78, 5) is 26.7. The van der Waals surface area contributed by atoms with E-state index in [-0.39, 0.29) is 5.56 Å². The number of nitrogens with zero attached hydrogens (tertiary/aromatic N) is 3. The molecule has 1 amide bonds. The fourth-order valence-electron chi connectivity index (χ4n) is 2.81. The Hall–Kier alpha value is -2.90. The molecule has 1 aliphatic heterocycles. The van der Waals surface area contributed by atoms with E-state index in [4.69, 9.17) is 0 Å². The van der Waals surface area contributed by atoms with Gasteiger partial charge in [0.25, 0.3) is 5.91 Å². The third kappa shape index (κ3) is 3.37. The van der Waals surface area contributed by atoms with Crippen molar-refractivity contribution in [2.75, 3.05) is 6.54 Å². The summed E-state index contributed by atoms with van der Waals surface area (Å²) in [6.45, 7) is 1.38. The lowest BCUT2D eigenvalue weighted by Crippen LogP contribution is -2.25. The van der Waals surface area contributed by atoms with Crippen LogP contribution in [0.3, 0.4) is 0 Å². The minimum atomic E-state index is -0.720. The topological polar surface area (TPSA) is 110 Å². The van der Waals surface area contributed by atoms with Crippen molar-refractivity contribution in [3.8, 4) is 5.75 Å². The molecule has 2 aromatic rings. The van der Waals surface area contributed by atoms with Gasteiger partial charge in [0.2, 0.25) is 0 Å². The first-order chi connectivity index (χ1) is 11.5. The molecule has 24 heavy (non-hydrogen) atoms. The van der Waals surface area contributed by atoms with E-state index >= 15 is 0 Å². The quantitative estimate of drug-likeness (QED) is 0.641. The van der Waals surface area contributed by atoms with Gasteiger partial charge in [0.05, 0.1) is 10.6 Å². The fourth-order valence-corrected chi connectivity index (χ4v) is 2.81. The van der Waals surface area contributed by atoms with E-state index in [0.29, 0.717) is 13.0 Å². The van der Waals surface area contributed by atoms with Gasteiger partial charge in [-0.05, 0) is 25.0 Å². The lowest BCUT2D eigenvalue weighted by atomic mass is 10.1. The van der Waals surface area contributed by atoms with Gasteiger partial charge >= 0.3 is 5.69 Å². The largest absolute Gasteiger partial charge is 0.502 e. The molecule has 0 saturated heterocycles. The van der Waals surface area contributed by atoms with Crippen molar-refractivity contribution >= 4 is 11.6 Å². The number of nitro groups is 1. The summed E-state index contributed by atoms with van der Waals surface area (Å²) in [6.07, 6.45) is 5.94. The molecule has 1 aromatic heterocycles. The maximum absolute atomic E-state index is 12.1. The van der Waals surface area contributed by atoms with Crippen LogP contribution in [0, 0.1) is 10.1 Å². The smallest absolute Gasteiger partial charge is 0.311 e. The third-order valence-corrected chi connectivity index (χ3v) is 4.06. The van der Waals surface area contributed by atoms with Gasteiger partial charge in [0.15, 0.2) is 5.75 Å². The molecule has 1 aromatic carbocycles. The number of aromatic nitrogens is 2. The molecule has 8 nitrogen and oxygen atoms in total. The molecule has 126 valence electrons. The van der Waals surface area contributed by atoms with E-state index in [2.05, 4.69) is 14.9 Å². The second-order valence-corrected chi connectivity index (χ2v) is 5.77. The summed E-state index contributed by atoms with van der Waals surface area (Å²) in [6, 6.07) is 3.57. The number of carbonyl (C=O) groups excluding carboxylic acids is 1. The van der Waals surface area contributed by atoms with Crippen LogP contribution in [0.25, 0.3) is 0 Å². The highest BCUT2D eigenvalue weighted by Gasteiger charge is 2.17. The Morgan fingerprint density at radius 1 is 1.42 bits per heavy atom. The number of aromatic hydroxyl groups is 1. The number of phenolic OH excluding ortho intramolecular Hbond substituents is 1. The van der Waals surface area contributed by atoms with Gasteiger partial charge < -0.3 is 15.0 Å². The molecule has 0 radical (unpaired) electrons. The Morgan fingerprint density at radius 3 is 3.00 bits per heavy atom. The van der Waals surface area contributed by atoms with Crippen LogP contribution < -0.4 is 5.32 Å². The molecule has 0 atom stereocenters. The van der Waals surface area contributed by atoms with Crippen LogP contribution in [0.5, 0.6) is 5.75 Å². The summed E-state index contributed by atoms with van der Waals surface area (Å²) in [7, 11) is 0. The molecule has 3 rings (SSSR count). The van der Waals surface area contributed by atoms with Gasteiger partial charge in [0.1, 0.15) is 5.82 Å². The lowest BCUT2D eigenvalue weighted by molar-refractivity contribution is -0.385. The van der Waals surface area contributed by atoms with Crippen LogP contribution in [0.15, 0.2) is 24.4 Å². The summed E-state index contributed by atoms with van der Waals surface area (Å²) in [5.41, 5.74) is 0.594. The highest BCUT2D eigenvalue weighted by atomic mass is 16.6. The Kier molecular flexibility index (Phi) is 4.45. The highest BCUT2D eigenvalue weighted by molar-refractivity contribution is 5.95. The first kappa shape index (κ1) is 16.0. The summed E-state index contributed by atoms with van der Waals surface area (Å²) < 4.78 is 2.16. The van der Waals surface area contributed by atoms with E-state index in [9.17, 15) is 20.0 Å². The van der Waals surface area contributed by atoms with E-state index < -0.39 is 22.3 Å². The Labute approximate surface area is 138 Å². The number of fused-ring (bicyclic) bond motifs is 1. The molecule has 2 N–H and O–H groups in total. The van der Waals surface area contributed by atoms with Gasteiger partial charge in [-0.1, -0.05) is 0 Å². The predicted octanol–water partition coefficient (Wildman–Crippen LogP) is 1.81. The average Bonchev–Trinajstić information content (AvgIpc) is 2.97. The molecule has 0 fully saturated rings. The highest BCUT2D eigenvalue weighted by Crippen LogP contribution is 2.26. The van der Waals surface area contributed by atoms with Gasteiger partial charge in [0, 0.05) is 43.8 Å². The molecule has 0 bridgehead atoms. The summed E-state index contributed by atoms with van der Waals surface area (Å²) >= 11 is 0. The van der Waals surface area contributed by atoms with E-state index in [1.165, 1.54) is 12.5 Å². The maximum atomic E-state index is 12.1. The normalized spacial score (nSPS) is 13.3. The molecule has 1 aliphatic rings. The predicted molar refractivity (Wildman–Crippen MR) is 86.0 cm³/mol. The summed E-state index contributed by atoms with van der Waals surface area (Å²) in [5, 5.41) is 22.9. The number of imidazole rings is 1. The molecule has 0 aliphatic carbocycles. The molecule has 8 heteroatoms. The minimum absolute atomic E-state index is 0.142. The zero-order valence-corrected chi connectivity index (χ0v) is 13.1. The van der Waals surface area contributed by atoms with Crippen molar-refractivity contribution in [1.82, 2.24) is 14.9 Å². The Bertz CT molecular complexity index is 761. The number of carbonyl (C=O) groups is 1. The standard InChI is InChI=1S/C16H18N4O4/c21-14-5-4-11(9-13(14)20(23)24)16(22)17-7-6-12-10-19-8-2-1-3-15(19)18-12/h4-5,9-10,21H,1-3,6-8H2,(H,17,22). The summed E-state index contributed by atoms with van der Waals surface area (Å²) in [5.74, 6) is 0.221. The fraction of sp³-hybridized carbons (Fsp3) is 0.375. The van der Waals surface area contributed by atoms with Crippen molar-refractivity contribution in [2.24, 2.45) is 0 Å². The second kappa shape index (κ2) is 6.69. The average molecular weight is 330 g/mol. The number of rotatable bonds is 5. The number of nitrogens with one attached hydrogen (secondary N) is 1. The first-order valence-corrected chi connectivity index (χ1v) is 7.85. The monoisotopic (exact) mass is 330 g/mol. The van der Waals surface area contributed by atoms with Crippen molar-refractivity contribution in [2.45, 2.75) is 32.2 Å². The van der Waals surface area contributed by atoms with Crippen LogP contribution in [0.2, 0.25) is 0 Å². The molecular formula is C16H18N4O4. The first-order valence-electron chi connectivity index (χ1n) is 7.85. The van der Waals surface area contributed by atoms with Crippen LogP contribution in [-0.4, -0.2) is 32.0 Å². The van der Waals surface area contributed by atoms with Crippen LogP contribution in [-0.2, 0) is 19.4 Å². The number of amides is 1. The second-order valence-electron chi connectivity index (χ2n) is 5.77. The molecular weight excluding hydrogens is 312 g/mol. The van der Waals surface area contributed by atoms with Crippen LogP contribution in [0.1, 0.15) is 34.7 Å². The third-order valence-electron chi connectivity index (χ3n) is 4.06. The Balaban J connectivity index is 1.58. The molecule has 0 unspecified atom stereocenters. The van der Waals surface area contributed by atoms with Crippen molar-refractivity contribution in [3.05, 3.63) is 51.6 Å². The van der Waals surface area contributed by atoms with Gasteiger partial charge in [-0.3, -0.25) is 14.9 Å². The van der Waals surface area contributed by atoms with E-state index in [0.717, 1.165) is 43.0 Å². The molecule has 2 heterocycles.